The van der Waals surface area contributed by atoms with E-state index >= 15 is 0 Å². The van der Waals surface area contributed by atoms with Crippen molar-refractivity contribution in [2.75, 3.05) is 6.61 Å². The van der Waals surface area contributed by atoms with Gasteiger partial charge in [0.1, 0.15) is 6.61 Å². The summed E-state index contributed by atoms with van der Waals surface area (Å²) >= 11 is 0. The van der Waals surface area contributed by atoms with Crippen molar-refractivity contribution < 1.29 is 4.74 Å². The molecule has 15 heavy (non-hydrogen) atoms. The predicted molar refractivity (Wildman–Crippen MR) is 63.3 cm³/mol. The minimum absolute atomic E-state index is 0.0297. The Morgan fingerprint density at radius 2 is 2.00 bits per heavy atom. The number of rotatable bonds is 3. The molecule has 1 saturated carbocycles. The van der Waals surface area contributed by atoms with E-state index in [2.05, 4.69) is 18.8 Å². The fourth-order valence-electron chi connectivity index (χ4n) is 2.59. The van der Waals surface area contributed by atoms with E-state index in [1.54, 1.807) is 0 Å². The first kappa shape index (κ1) is 11.0. The van der Waals surface area contributed by atoms with Gasteiger partial charge in [-0.3, -0.25) is 0 Å². The molecule has 0 spiro atoms. The second kappa shape index (κ2) is 4.54. The molecule has 2 heteroatoms. The lowest BCUT2D eigenvalue weighted by Gasteiger charge is -2.20. The highest BCUT2D eigenvalue weighted by atomic mass is 16.5. The molecule has 86 valence electrons. The highest BCUT2D eigenvalue weighted by molar-refractivity contribution is 5.78. The third kappa shape index (κ3) is 3.22. The highest BCUT2D eigenvalue weighted by Gasteiger charge is 2.26. The predicted octanol–water partition coefficient (Wildman–Crippen LogP) is 3.55. The fourth-order valence-corrected chi connectivity index (χ4v) is 2.59. The van der Waals surface area contributed by atoms with E-state index < -0.39 is 0 Å². The standard InChI is InChI=1S/C13H23NO/c1-13(2)10-15-12(14-13)9-8-11-6-4-3-5-7-11/h11H,3-10H2,1-2H3. The van der Waals surface area contributed by atoms with Gasteiger partial charge in [-0.1, -0.05) is 32.1 Å². The van der Waals surface area contributed by atoms with Crippen LogP contribution in [0.4, 0.5) is 0 Å². The van der Waals surface area contributed by atoms with Gasteiger partial charge < -0.3 is 4.74 Å². The molecule has 2 nitrogen and oxygen atoms in total. The van der Waals surface area contributed by atoms with E-state index in [0.717, 1.165) is 24.8 Å². The van der Waals surface area contributed by atoms with Crippen molar-refractivity contribution in [1.29, 1.82) is 0 Å². The van der Waals surface area contributed by atoms with Crippen LogP contribution in [0.15, 0.2) is 4.99 Å². The van der Waals surface area contributed by atoms with Crippen LogP contribution in [0.3, 0.4) is 0 Å². The molecule has 1 heterocycles. The number of hydrogen-bond acceptors (Lipinski definition) is 2. The zero-order chi connectivity index (χ0) is 10.7. The van der Waals surface area contributed by atoms with Gasteiger partial charge in [-0.2, -0.15) is 0 Å². The maximum Gasteiger partial charge on any atom is 0.183 e. The van der Waals surface area contributed by atoms with E-state index in [0.29, 0.717) is 0 Å². The van der Waals surface area contributed by atoms with Crippen molar-refractivity contribution in [1.82, 2.24) is 0 Å². The van der Waals surface area contributed by atoms with E-state index in [4.69, 9.17) is 4.74 Å². The van der Waals surface area contributed by atoms with E-state index in [9.17, 15) is 0 Å². The summed E-state index contributed by atoms with van der Waals surface area (Å²) in [5.41, 5.74) is 0.0297. The molecular formula is C13H23NO. The lowest BCUT2D eigenvalue weighted by molar-refractivity contribution is 0.268. The summed E-state index contributed by atoms with van der Waals surface area (Å²) in [7, 11) is 0. The van der Waals surface area contributed by atoms with Crippen molar-refractivity contribution in [2.45, 2.75) is 64.3 Å². The monoisotopic (exact) mass is 209 g/mol. The molecule has 0 radical (unpaired) electrons. The topological polar surface area (TPSA) is 21.6 Å². The average molecular weight is 209 g/mol. The zero-order valence-electron chi connectivity index (χ0n) is 10.1. The molecule has 1 fully saturated rings. The summed E-state index contributed by atoms with van der Waals surface area (Å²) in [6.45, 7) is 5.05. The van der Waals surface area contributed by atoms with Crippen LogP contribution in [-0.4, -0.2) is 18.0 Å². The third-order valence-electron chi connectivity index (χ3n) is 3.51. The molecule has 0 unspecified atom stereocenters. The van der Waals surface area contributed by atoms with Crippen LogP contribution in [-0.2, 0) is 4.74 Å². The molecule has 1 aliphatic carbocycles. The van der Waals surface area contributed by atoms with Gasteiger partial charge in [-0.15, -0.1) is 0 Å². The molecule has 2 rings (SSSR count). The van der Waals surface area contributed by atoms with Crippen LogP contribution >= 0.6 is 0 Å². The van der Waals surface area contributed by atoms with Crippen LogP contribution in [0.25, 0.3) is 0 Å². The van der Waals surface area contributed by atoms with Gasteiger partial charge in [0.15, 0.2) is 5.90 Å². The van der Waals surface area contributed by atoms with Gasteiger partial charge in [0, 0.05) is 6.42 Å². The number of aliphatic imine (C=N–C) groups is 1. The maximum atomic E-state index is 5.61. The van der Waals surface area contributed by atoms with Gasteiger partial charge in [0.2, 0.25) is 0 Å². The van der Waals surface area contributed by atoms with Crippen molar-refractivity contribution in [3.05, 3.63) is 0 Å². The number of hydrogen-bond donors (Lipinski definition) is 0. The molecule has 0 aromatic carbocycles. The largest absolute Gasteiger partial charge is 0.478 e. The number of nitrogens with zero attached hydrogens (tertiary/aromatic N) is 1. The lowest BCUT2D eigenvalue weighted by atomic mass is 9.86. The Balaban J connectivity index is 1.74. The van der Waals surface area contributed by atoms with Crippen LogP contribution in [0, 0.1) is 5.92 Å². The van der Waals surface area contributed by atoms with Crippen molar-refractivity contribution in [2.24, 2.45) is 10.9 Å². The van der Waals surface area contributed by atoms with Gasteiger partial charge >= 0.3 is 0 Å². The third-order valence-corrected chi connectivity index (χ3v) is 3.51. The summed E-state index contributed by atoms with van der Waals surface area (Å²) in [6.07, 6.45) is 9.52. The normalized spacial score (nSPS) is 26.1. The quantitative estimate of drug-likeness (QED) is 0.696. The molecule has 2 aliphatic rings. The van der Waals surface area contributed by atoms with E-state index in [-0.39, 0.29) is 5.54 Å². The maximum absolute atomic E-state index is 5.61. The molecule has 0 N–H and O–H groups in total. The summed E-state index contributed by atoms with van der Waals surface area (Å²) in [6, 6.07) is 0. The molecular weight excluding hydrogens is 186 g/mol. The van der Waals surface area contributed by atoms with Gasteiger partial charge in [0.25, 0.3) is 0 Å². The highest BCUT2D eigenvalue weighted by Crippen LogP contribution is 2.28. The Hall–Kier alpha value is -0.530. The molecule has 0 saturated heterocycles. The van der Waals surface area contributed by atoms with Crippen LogP contribution in [0.2, 0.25) is 0 Å². The average Bonchev–Trinajstić information content (AvgIpc) is 2.57. The van der Waals surface area contributed by atoms with Gasteiger partial charge in [0.05, 0.1) is 5.54 Å². The molecule has 0 bridgehead atoms. The van der Waals surface area contributed by atoms with Crippen LogP contribution < -0.4 is 0 Å². The Labute approximate surface area is 93.1 Å². The van der Waals surface area contributed by atoms with Gasteiger partial charge in [-0.25, -0.2) is 4.99 Å². The van der Waals surface area contributed by atoms with Crippen molar-refractivity contribution in [3.63, 3.8) is 0 Å². The SMILES string of the molecule is CC1(C)COC(CCC2CCCCC2)=N1. The van der Waals surface area contributed by atoms with Gasteiger partial charge in [-0.05, 0) is 26.2 Å². The minimum atomic E-state index is 0.0297. The summed E-state index contributed by atoms with van der Waals surface area (Å²) in [4.78, 5) is 4.60. The molecule has 1 aliphatic heterocycles. The zero-order valence-corrected chi connectivity index (χ0v) is 10.1. The first-order valence-corrected chi connectivity index (χ1v) is 6.37. The van der Waals surface area contributed by atoms with E-state index in [1.165, 1.54) is 38.5 Å². The molecule has 0 aromatic heterocycles. The first-order valence-electron chi connectivity index (χ1n) is 6.37. The Kier molecular flexibility index (Phi) is 3.32. The summed E-state index contributed by atoms with van der Waals surface area (Å²) < 4.78 is 5.61. The smallest absolute Gasteiger partial charge is 0.183 e. The van der Waals surface area contributed by atoms with Crippen molar-refractivity contribution in [3.8, 4) is 0 Å². The van der Waals surface area contributed by atoms with E-state index in [1.807, 2.05) is 0 Å². The first-order chi connectivity index (χ1) is 7.16. The number of ether oxygens (including phenoxy) is 1. The Morgan fingerprint density at radius 1 is 1.27 bits per heavy atom. The minimum Gasteiger partial charge on any atom is -0.478 e. The lowest BCUT2D eigenvalue weighted by Crippen LogP contribution is -2.17. The van der Waals surface area contributed by atoms with Crippen LogP contribution in [0.5, 0.6) is 0 Å². The molecule has 0 atom stereocenters. The second-order valence-electron chi connectivity index (χ2n) is 5.65. The van der Waals surface area contributed by atoms with Crippen LogP contribution in [0.1, 0.15) is 58.8 Å². The fraction of sp³-hybridized carbons (Fsp3) is 0.923. The molecule has 0 aromatic rings. The Morgan fingerprint density at radius 3 is 2.60 bits per heavy atom. The second-order valence-corrected chi connectivity index (χ2v) is 5.65. The summed E-state index contributed by atoms with van der Waals surface area (Å²) in [5, 5.41) is 0. The molecule has 0 amide bonds. The van der Waals surface area contributed by atoms with Crippen molar-refractivity contribution >= 4 is 5.90 Å². The Bertz CT molecular complexity index is 239. The summed E-state index contributed by atoms with van der Waals surface area (Å²) in [5.74, 6) is 1.94.